The Morgan fingerprint density at radius 3 is 2.53 bits per heavy atom. The zero-order valence-electron chi connectivity index (χ0n) is 21.3. The number of amides is 2. The molecule has 8 heteroatoms. The lowest BCUT2D eigenvalue weighted by Gasteiger charge is -2.39. The van der Waals surface area contributed by atoms with E-state index < -0.39 is 0 Å². The topological polar surface area (TPSA) is 70.9 Å². The van der Waals surface area contributed by atoms with Crippen LogP contribution >= 0.6 is 0 Å². The third kappa shape index (κ3) is 4.94. The number of fused-ring (bicyclic) bond motifs is 2. The number of nitrogens with zero attached hydrogens (tertiary/aromatic N) is 5. The Morgan fingerprint density at radius 2 is 1.68 bits per heavy atom. The molecule has 6 rings (SSSR count). The molecule has 0 bridgehead atoms. The van der Waals surface area contributed by atoms with Crippen molar-refractivity contribution < 1.29 is 14.3 Å². The average Bonchev–Trinajstić information content (AvgIpc) is 3.38. The van der Waals surface area contributed by atoms with Gasteiger partial charge in [-0.2, -0.15) is 0 Å². The molecule has 0 aliphatic carbocycles. The van der Waals surface area contributed by atoms with E-state index >= 15 is 0 Å². The summed E-state index contributed by atoms with van der Waals surface area (Å²) in [6.07, 6.45) is 4.21. The third-order valence-corrected chi connectivity index (χ3v) is 7.51. The van der Waals surface area contributed by atoms with Crippen molar-refractivity contribution in [3.05, 3.63) is 95.8 Å². The molecule has 2 aromatic carbocycles. The molecule has 0 spiro atoms. The van der Waals surface area contributed by atoms with E-state index in [1.807, 2.05) is 64.2 Å². The maximum Gasteiger partial charge on any atom is 0.410 e. The number of hydrogen-bond donors (Lipinski definition) is 0. The van der Waals surface area contributed by atoms with Crippen LogP contribution in [0.3, 0.4) is 0 Å². The van der Waals surface area contributed by atoms with Crippen molar-refractivity contribution in [3.8, 4) is 0 Å². The minimum Gasteiger partial charge on any atom is -0.445 e. The van der Waals surface area contributed by atoms with Crippen molar-refractivity contribution in [2.45, 2.75) is 26.1 Å². The predicted molar refractivity (Wildman–Crippen MR) is 146 cm³/mol. The van der Waals surface area contributed by atoms with Crippen LogP contribution in [0.2, 0.25) is 0 Å². The van der Waals surface area contributed by atoms with Gasteiger partial charge >= 0.3 is 6.09 Å². The van der Waals surface area contributed by atoms with Crippen molar-refractivity contribution in [2.24, 2.45) is 0 Å². The maximum absolute atomic E-state index is 13.1. The quantitative estimate of drug-likeness (QED) is 0.406. The van der Waals surface area contributed by atoms with Crippen LogP contribution in [0.5, 0.6) is 0 Å². The molecule has 2 amide bonds. The Bertz CT molecular complexity index is 1440. The van der Waals surface area contributed by atoms with E-state index in [-0.39, 0.29) is 18.6 Å². The molecule has 4 heterocycles. The second kappa shape index (κ2) is 10.6. The van der Waals surface area contributed by atoms with Gasteiger partial charge in [-0.25, -0.2) is 9.78 Å². The first-order chi connectivity index (χ1) is 18.7. The minimum absolute atomic E-state index is 0.107. The molecule has 194 valence electrons. The van der Waals surface area contributed by atoms with Crippen LogP contribution in [0.25, 0.3) is 11.0 Å². The number of pyridine rings is 1. The van der Waals surface area contributed by atoms with Crippen LogP contribution in [0.1, 0.15) is 16.7 Å². The highest BCUT2D eigenvalue weighted by Gasteiger charge is 2.28. The molecule has 1 saturated heterocycles. The van der Waals surface area contributed by atoms with Crippen molar-refractivity contribution in [1.29, 1.82) is 0 Å². The summed E-state index contributed by atoms with van der Waals surface area (Å²) in [5, 5.41) is 1.04. The van der Waals surface area contributed by atoms with Gasteiger partial charge in [0.05, 0.1) is 6.54 Å². The van der Waals surface area contributed by atoms with E-state index in [9.17, 15) is 9.59 Å². The standard InChI is InChI=1S/C30H31N5O3/c36-28(21-34-14-12-25-9-5-13-31-29(25)34)33-18-16-32(17-19-33)27-10-4-8-24-11-15-35(20-26(24)27)30(37)38-22-23-6-2-1-3-7-23/h1-10,12-14H,11,15-22H2. The molecule has 0 unspecified atom stereocenters. The summed E-state index contributed by atoms with van der Waals surface area (Å²) >= 11 is 0. The van der Waals surface area contributed by atoms with E-state index in [4.69, 9.17) is 4.74 Å². The molecule has 2 aliphatic heterocycles. The van der Waals surface area contributed by atoms with Gasteiger partial charge in [0, 0.05) is 56.2 Å². The van der Waals surface area contributed by atoms with Gasteiger partial charge in [-0.1, -0.05) is 42.5 Å². The van der Waals surface area contributed by atoms with E-state index in [1.54, 1.807) is 11.1 Å². The highest BCUT2D eigenvalue weighted by Crippen LogP contribution is 2.30. The third-order valence-electron chi connectivity index (χ3n) is 7.51. The van der Waals surface area contributed by atoms with Gasteiger partial charge in [-0.3, -0.25) is 4.79 Å². The fourth-order valence-electron chi connectivity index (χ4n) is 5.42. The van der Waals surface area contributed by atoms with Gasteiger partial charge < -0.3 is 24.0 Å². The summed E-state index contributed by atoms with van der Waals surface area (Å²) in [7, 11) is 0. The number of aromatic nitrogens is 2. The van der Waals surface area contributed by atoms with Crippen LogP contribution in [0.15, 0.2) is 79.1 Å². The van der Waals surface area contributed by atoms with Crippen LogP contribution in [-0.4, -0.2) is 64.1 Å². The van der Waals surface area contributed by atoms with Crippen molar-refractivity contribution in [1.82, 2.24) is 19.4 Å². The normalized spacial score (nSPS) is 15.4. The number of carbonyl (C=O) groups excluding carboxylic acids is 2. The Kier molecular flexibility index (Phi) is 6.69. The number of ether oxygens (including phenoxy) is 1. The number of benzene rings is 2. The monoisotopic (exact) mass is 509 g/mol. The lowest BCUT2D eigenvalue weighted by atomic mass is 9.97. The second-order valence-corrected chi connectivity index (χ2v) is 9.85. The Hall–Kier alpha value is -4.33. The molecule has 0 saturated carbocycles. The highest BCUT2D eigenvalue weighted by molar-refractivity contribution is 5.81. The minimum atomic E-state index is -0.281. The lowest BCUT2D eigenvalue weighted by molar-refractivity contribution is -0.132. The van der Waals surface area contributed by atoms with Gasteiger partial charge in [0.1, 0.15) is 18.8 Å². The summed E-state index contributed by atoms with van der Waals surface area (Å²) in [6, 6.07) is 22.0. The van der Waals surface area contributed by atoms with E-state index in [0.717, 1.165) is 41.8 Å². The molecule has 0 radical (unpaired) electrons. The summed E-state index contributed by atoms with van der Waals surface area (Å²) in [5.74, 6) is 0.107. The molecule has 0 atom stereocenters. The van der Waals surface area contributed by atoms with Crippen molar-refractivity contribution in [2.75, 3.05) is 37.6 Å². The molecule has 8 nitrogen and oxygen atoms in total. The van der Waals surface area contributed by atoms with Crippen LogP contribution in [-0.2, 0) is 35.6 Å². The van der Waals surface area contributed by atoms with Gasteiger partial charge in [-0.05, 0) is 47.4 Å². The Labute approximate surface area is 222 Å². The molecule has 0 N–H and O–H groups in total. The molecule has 4 aromatic rings. The predicted octanol–water partition coefficient (Wildman–Crippen LogP) is 4.08. The summed E-state index contributed by atoms with van der Waals surface area (Å²) < 4.78 is 7.52. The number of anilines is 1. The molecule has 38 heavy (non-hydrogen) atoms. The van der Waals surface area contributed by atoms with Crippen LogP contribution < -0.4 is 4.90 Å². The zero-order valence-corrected chi connectivity index (χ0v) is 21.3. The van der Waals surface area contributed by atoms with Gasteiger partial charge in [-0.15, -0.1) is 0 Å². The summed E-state index contributed by atoms with van der Waals surface area (Å²) in [5.41, 5.74) is 5.42. The van der Waals surface area contributed by atoms with Crippen LogP contribution in [0, 0.1) is 0 Å². The first-order valence-electron chi connectivity index (χ1n) is 13.1. The summed E-state index contributed by atoms with van der Waals surface area (Å²) in [6.45, 7) is 4.59. The molecule has 2 aliphatic rings. The van der Waals surface area contributed by atoms with Gasteiger partial charge in [0.25, 0.3) is 0 Å². The fraction of sp³-hybridized carbons (Fsp3) is 0.300. The second-order valence-electron chi connectivity index (χ2n) is 9.85. The SMILES string of the molecule is O=C(Cn1ccc2cccnc21)N1CCN(c2cccc3c2CN(C(=O)OCc2ccccc2)CC3)CC1. The average molecular weight is 510 g/mol. The first kappa shape index (κ1) is 24.0. The molecular formula is C30H31N5O3. The Morgan fingerprint density at radius 1 is 0.842 bits per heavy atom. The summed E-state index contributed by atoms with van der Waals surface area (Å²) in [4.78, 5) is 36.4. The number of rotatable bonds is 5. The number of hydrogen-bond acceptors (Lipinski definition) is 5. The van der Waals surface area contributed by atoms with E-state index in [0.29, 0.717) is 32.7 Å². The number of carbonyl (C=O) groups is 2. The first-order valence-corrected chi connectivity index (χ1v) is 13.1. The molecule has 2 aromatic heterocycles. The van der Waals surface area contributed by atoms with Gasteiger partial charge in [0.15, 0.2) is 0 Å². The highest BCUT2D eigenvalue weighted by atomic mass is 16.6. The van der Waals surface area contributed by atoms with E-state index in [2.05, 4.69) is 28.1 Å². The van der Waals surface area contributed by atoms with E-state index in [1.165, 1.54) is 11.1 Å². The van der Waals surface area contributed by atoms with Crippen LogP contribution in [0.4, 0.5) is 10.5 Å². The smallest absolute Gasteiger partial charge is 0.410 e. The maximum atomic E-state index is 13.1. The number of piperazine rings is 1. The lowest BCUT2D eigenvalue weighted by Crippen LogP contribution is -2.50. The van der Waals surface area contributed by atoms with Crippen molar-refractivity contribution in [3.63, 3.8) is 0 Å². The fourth-order valence-corrected chi connectivity index (χ4v) is 5.42. The molecular weight excluding hydrogens is 478 g/mol. The zero-order chi connectivity index (χ0) is 25.9. The Balaban J connectivity index is 1.08. The van der Waals surface area contributed by atoms with Crippen molar-refractivity contribution >= 4 is 28.7 Å². The largest absolute Gasteiger partial charge is 0.445 e. The molecule has 1 fully saturated rings. The van der Waals surface area contributed by atoms with Gasteiger partial charge in [0.2, 0.25) is 5.91 Å².